The van der Waals surface area contributed by atoms with Gasteiger partial charge in [0.05, 0.1) is 5.56 Å². The Balaban J connectivity index is 1.77. The highest BCUT2D eigenvalue weighted by molar-refractivity contribution is 6.00. The first-order chi connectivity index (χ1) is 11.1. The van der Waals surface area contributed by atoms with Crippen molar-refractivity contribution in [2.75, 3.05) is 5.32 Å². The number of carbonyl (C=O) groups excluding carboxylic acids is 2. The molecule has 0 aliphatic carbocycles. The van der Waals surface area contributed by atoms with Crippen LogP contribution in [0, 0.1) is 5.82 Å². The molecule has 1 atom stereocenters. The Morgan fingerprint density at radius 2 is 2.00 bits per heavy atom. The number of benzene rings is 2. The highest BCUT2D eigenvalue weighted by atomic mass is 19.1. The molecule has 1 heterocycles. The number of nitrogens with one attached hydrogen (secondary N) is 1. The van der Waals surface area contributed by atoms with Crippen LogP contribution in [0.4, 0.5) is 10.1 Å². The fraction of sp³-hybridized carbons (Fsp3) is 0.222. The van der Waals surface area contributed by atoms with Gasteiger partial charge in [0, 0.05) is 12.1 Å². The van der Waals surface area contributed by atoms with Crippen LogP contribution in [0.1, 0.15) is 28.4 Å². The lowest BCUT2D eigenvalue weighted by atomic mass is 9.95. The van der Waals surface area contributed by atoms with Gasteiger partial charge in [-0.2, -0.15) is 0 Å². The summed E-state index contributed by atoms with van der Waals surface area (Å²) in [6, 6.07) is 11.0. The fourth-order valence-corrected chi connectivity index (χ4v) is 2.57. The minimum atomic E-state index is -0.882. The molecule has 2 aromatic carbocycles. The number of halogens is 1. The molecule has 0 saturated carbocycles. The van der Waals surface area contributed by atoms with Crippen LogP contribution in [0.2, 0.25) is 0 Å². The third-order valence-corrected chi connectivity index (χ3v) is 3.86. The number of amides is 1. The molecule has 23 heavy (non-hydrogen) atoms. The quantitative estimate of drug-likeness (QED) is 0.886. The number of hydrogen-bond donors (Lipinski definition) is 1. The van der Waals surface area contributed by atoms with Gasteiger partial charge in [-0.15, -0.1) is 0 Å². The second-order valence-electron chi connectivity index (χ2n) is 5.44. The third kappa shape index (κ3) is 3.23. The Kier molecular flexibility index (Phi) is 4.10. The van der Waals surface area contributed by atoms with E-state index in [2.05, 4.69) is 5.32 Å². The van der Waals surface area contributed by atoms with Gasteiger partial charge in [0.1, 0.15) is 5.82 Å². The van der Waals surface area contributed by atoms with Crippen molar-refractivity contribution in [3.05, 3.63) is 65.0 Å². The van der Waals surface area contributed by atoms with Crippen molar-refractivity contribution >= 4 is 17.6 Å². The number of esters is 1. The van der Waals surface area contributed by atoms with Gasteiger partial charge in [-0.3, -0.25) is 4.79 Å². The number of hydrogen-bond acceptors (Lipinski definition) is 3. The van der Waals surface area contributed by atoms with Crippen LogP contribution in [-0.4, -0.2) is 18.0 Å². The maximum Gasteiger partial charge on any atom is 0.339 e. The molecule has 2 aromatic rings. The van der Waals surface area contributed by atoms with E-state index in [0.29, 0.717) is 17.7 Å². The zero-order valence-corrected chi connectivity index (χ0v) is 12.6. The Hall–Kier alpha value is -2.69. The first kappa shape index (κ1) is 15.2. The molecule has 1 aliphatic rings. The van der Waals surface area contributed by atoms with Gasteiger partial charge in [0.25, 0.3) is 5.91 Å². The first-order valence-electron chi connectivity index (χ1n) is 7.46. The van der Waals surface area contributed by atoms with E-state index < -0.39 is 18.0 Å². The highest BCUT2D eigenvalue weighted by Crippen LogP contribution is 2.23. The maximum absolute atomic E-state index is 12.9. The first-order valence-corrected chi connectivity index (χ1v) is 7.46. The summed E-state index contributed by atoms with van der Waals surface area (Å²) >= 11 is 0. The van der Waals surface area contributed by atoms with E-state index in [-0.39, 0.29) is 5.82 Å². The predicted octanol–water partition coefficient (Wildman–Crippen LogP) is 3.11. The molecule has 1 aliphatic heterocycles. The lowest BCUT2D eigenvalue weighted by molar-refractivity contribution is -0.125. The number of aryl methyl sites for hydroxylation is 1. The summed E-state index contributed by atoms with van der Waals surface area (Å²) in [5.74, 6) is -1.29. The summed E-state index contributed by atoms with van der Waals surface area (Å²) < 4.78 is 18.1. The summed E-state index contributed by atoms with van der Waals surface area (Å²) in [4.78, 5) is 24.3. The highest BCUT2D eigenvalue weighted by Gasteiger charge is 2.31. The monoisotopic (exact) mass is 313 g/mol. The van der Waals surface area contributed by atoms with Crippen LogP contribution in [-0.2, 0) is 22.4 Å². The van der Waals surface area contributed by atoms with E-state index in [9.17, 15) is 14.0 Å². The number of anilines is 1. The number of cyclic esters (lactones) is 1. The van der Waals surface area contributed by atoms with Gasteiger partial charge in [0.15, 0.2) is 6.10 Å². The number of fused-ring (bicyclic) bond motifs is 1. The van der Waals surface area contributed by atoms with Gasteiger partial charge in [-0.05, 0) is 47.9 Å². The standard InChI is InChI=1S/C18H16FNO3/c1-2-11-3-8-15-12(9-11)10-16(23-18(15)22)17(21)20-14-6-4-13(19)5-7-14/h3-9,16H,2,10H2,1H3,(H,20,21). The molecule has 5 heteroatoms. The molecule has 0 spiro atoms. The summed E-state index contributed by atoms with van der Waals surface area (Å²) in [7, 11) is 0. The summed E-state index contributed by atoms with van der Waals surface area (Å²) in [6.07, 6.45) is 0.309. The molecular weight excluding hydrogens is 297 g/mol. The van der Waals surface area contributed by atoms with Crippen LogP contribution in [0.5, 0.6) is 0 Å². The largest absolute Gasteiger partial charge is 0.448 e. The average Bonchev–Trinajstić information content (AvgIpc) is 2.56. The van der Waals surface area contributed by atoms with Gasteiger partial charge >= 0.3 is 5.97 Å². The van der Waals surface area contributed by atoms with Gasteiger partial charge in [0.2, 0.25) is 0 Å². The van der Waals surface area contributed by atoms with Crippen LogP contribution >= 0.6 is 0 Å². The van der Waals surface area contributed by atoms with E-state index in [1.807, 2.05) is 19.1 Å². The van der Waals surface area contributed by atoms with E-state index in [4.69, 9.17) is 4.74 Å². The lowest BCUT2D eigenvalue weighted by Gasteiger charge is -2.24. The van der Waals surface area contributed by atoms with Gasteiger partial charge in [-0.1, -0.05) is 19.1 Å². The molecule has 0 radical (unpaired) electrons. The van der Waals surface area contributed by atoms with Gasteiger partial charge < -0.3 is 10.1 Å². The van der Waals surface area contributed by atoms with Crippen LogP contribution in [0.3, 0.4) is 0 Å². The van der Waals surface area contributed by atoms with E-state index in [0.717, 1.165) is 17.5 Å². The Labute approximate surface area is 133 Å². The maximum atomic E-state index is 12.9. The van der Waals surface area contributed by atoms with Crippen molar-refractivity contribution in [2.45, 2.75) is 25.9 Å². The second kappa shape index (κ2) is 6.20. The fourth-order valence-electron chi connectivity index (χ4n) is 2.57. The topological polar surface area (TPSA) is 55.4 Å². The Morgan fingerprint density at radius 3 is 2.70 bits per heavy atom. The molecule has 1 N–H and O–H groups in total. The van der Waals surface area contributed by atoms with Crippen molar-refractivity contribution in [1.29, 1.82) is 0 Å². The molecule has 0 saturated heterocycles. The smallest absolute Gasteiger partial charge is 0.339 e. The number of rotatable bonds is 3. The average molecular weight is 313 g/mol. The molecule has 0 aromatic heterocycles. The summed E-state index contributed by atoms with van der Waals surface area (Å²) in [5.41, 5.74) is 2.89. The summed E-state index contributed by atoms with van der Waals surface area (Å²) in [5, 5.41) is 2.64. The Bertz CT molecular complexity index is 755. The molecule has 1 unspecified atom stereocenters. The van der Waals surface area contributed by atoms with Crippen molar-refractivity contribution in [1.82, 2.24) is 0 Å². The molecule has 0 fully saturated rings. The minimum Gasteiger partial charge on any atom is -0.448 e. The van der Waals surface area contributed by atoms with Crippen LogP contribution in [0.15, 0.2) is 42.5 Å². The minimum absolute atomic E-state index is 0.335. The van der Waals surface area contributed by atoms with Crippen molar-refractivity contribution in [3.63, 3.8) is 0 Å². The molecule has 4 nitrogen and oxygen atoms in total. The van der Waals surface area contributed by atoms with Crippen molar-refractivity contribution in [3.8, 4) is 0 Å². The SMILES string of the molecule is CCc1ccc2c(c1)CC(C(=O)Nc1ccc(F)cc1)OC2=O. The zero-order chi connectivity index (χ0) is 16.4. The molecule has 1 amide bonds. The number of carbonyl (C=O) groups is 2. The lowest BCUT2D eigenvalue weighted by Crippen LogP contribution is -2.38. The van der Waals surface area contributed by atoms with E-state index >= 15 is 0 Å². The predicted molar refractivity (Wildman–Crippen MR) is 83.8 cm³/mol. The molecular formula is C18H16FNO3. The van der Waals surface area contributed by atoms with E-state index in [1.54, 1.807) is 6.07 Å². The second-order valence-corrected chi connectivity index (χ2v) is 5.44. The Morgan fingerprint density at radius 1 is 1.26 bits per heavy atom. The number of ether oxygens (including phenoxy) is 1. The van der Waals surface area contributed by atoms with E-state index in [1.165, 1.54) is 24.3 Å². The summed E-state index contributed by atoms with van der Waals surface area (Å²) in [6.45, 7) is 2.03. The van der Waals surface area contributed by atoms with Gasteiger partial charge in [-0.25, -0.2) is 9.18 Å². The van der Waals surface area contributed by atoms with Crippen molar-refractivity contribution < 1.29 is 18.7 Å². The van der Waals surface area contributed by atoms with Crippen LogP contribution < -0.4 is 5.32 Å². The van der Waals surface area contributed by atoms with Crippen molar-refractivity contribution in [2.24, 2.45) is 0 Å². The third-order valence-electron chi connectivity index (χ3n) is 3.86. The zero-order valence-electron chi connectivity index (χ0n) is 12.6. The normalized spacial score (nSPS) is 16.4. The molecule has 3 rings (SSSR count). The molecule has 0 bridgehead atoms. The molecule has 118 valence electrons. The van der Waals surface area contributed by atoms with Crippen LogP contribution in [0.25, 0.3) is 0 Å².